The van der Waals surface area contributed by atoms with E-state index in [1.54, 1.807) is 17.2 Å². The van der Waals surface area contributed by atoms with Gasteiger partial charge < -0.3 is 19.7 Å². The zero-order valence-corrected chi connectivity index (χ0v) is 21.2. The summed E-state index contributed by atoms with van der Waals surface area (Å²) >= 11 is 0. The standard InChI is InChI=1S/C31H28N4O3/c1-19-7-5-11-22-24(15-32-28(19)22)27-25(16-33-30(27)36)26-18-34-13-14-35(17-21-10-6-12-23(26)29(21)34)38-31(37)20-8-3-2-4-9-20/h2-6,8-12,15,18-19,32H,7,13-14,16-17H2,1H3,(H,33,36). The second kappa shape index (κ2) is 8.89. The number of amides is 1. The molecule has 4 heterocycles. The van der Waals surface area contributed by atoms with Crippen molar-refractivity contribution in [2.24, 2.45) is 0 Å². The summed E-state index contributed by atoms with van der Waals surface area (Å²) in [6.45, 7) is 4.43. The van der Waals surface area contributed by atoms with Crippen LogP contribution in [0.5, 0.6) is 0 Å². The maximum atomic E-state index is 13.2. The van der Waals surface area contributed by atoms with E-state index in [2.05, 4.69) is 52.3 Å². The Kier molecular flexibility index (Phi) is 5.33. The summed E-state index contributed by atoms with van der Waals surface area (Å²) < 4.78 is 2.23. The third kappa shape index (κ3) is 3.62. The molecular formula is C31H28N4O3. The number of hydroxylamine groups is 2. The monoisotopic (exact) mass is 504 g/mol. The van der Waals surface area contributed by atoms with Gasteiger partial charge in [-0.3, -0.25) is 4.79 Å². The van der Waals surface area contributed by atoms with Gasteiger partial charge in [-0.1, -0.05) is 55.5 Å². The number of carbonyl (C=O) groups excluding carboxylic acids is 2. The van der Waals surface area contributed by atoms with Crippen LogP contribution in [-0.2, 0) is 22.7 Å². The molecule has 7 nitrogen and oxygen atoms in total. The number of nitrogens with zero attached hydrogens (tertiary/aromatic N) is 2. The minimum absolute atomic E-state index is 0.0309. The highest BCUT2D eigenvalue weighted by Crippen LogP contribution is 2.41. The second-order valence-electron chi connectivity index (χ2n) is 10.3. The number of para-hydroxylation sites is 1. The molecule has 2 aromatic carbocycles. The van der Waals surface area contributed by atoms with Gasteiger partial charge in [0.15, 0.2) is 0 Å². The minimum atomic E-state index is -0.353. The summed E-state index contributed by atoms with van der Waals surface area (Å²) in [6.07, 6.45) is 9.48. The van der Waals surface area contributed by atoms with Gasteiger partial charge in [0.2, 0.25) is 0 Å². The van der Waals surface area contributed by atoms with Crippen LogP contribution in [0.25, 0.3) is 28.1 Å². The number of carbonyl (C=O) groups is 2. The van der Waals surface area contributed by atoms with E-state index in [9.17, 15) is 9.59 Å². The lowest BCUT2D eigenvalue weighted by Gasteiger charge is -2.19. The quantitative estimate of drug-likeness (QED) is 0.405. The molecule has 2 aliphatic heterocycles. The van der Waals surface area contributed by atoms with Crippen molar-refractivity contribution in [3.63, 3.8) is 0 Å². The molecule has 0 bridgehead atoms. The van der Waals surface area contributed by atoms with Crippen LogP contribution < -0.4 is 5.32 Å². The Balaban J connectivity index is 1.27. The summed E-state index contributed by atoms with van der Waals surface area (Å²) in [5.74, 6) is 0.0173. The molecule has 0 fully saturated rings. The van der Waals surface area contributed by atoms with Crippen molar-refractivity contribution in [2.75, 3.05) is 13.1 Å². The third-order valence-electron chi connectivity index (χ3n) is 7.91. The number of rotatable bonds is 4. The van der Waals surface area contributed by atoms with Crippen molar-refractivity contribution in [3.05, 3.63) is 101 Å². The van der Waals surface area contributed by atoms with Crippen molar-refractivity contribution >= 4 is 40.0 Å². The van der Waals surface area contributed by atoms with Gasteiger partial charge in [0.1, 0.15) is 0 Å². The summed E-state index contributed by atoms with van der Waals surface area (Å²) in [5.41, 5.74) is 8.87. The van der Waals surface area contributed by atoms with E-state index in [0.29, 0.717) is 37.7 Å². The highest BCUT2D eigenvalue weighted by molar-refractivity contribution is 6.32. The molecular weight excluding hydrogens is 476 g/mol. The first-order chi connectivity index (χ1) is 18.6. The molecule has 1 amide bonds. The molecule has 0 saturated carbocycles. The van der Waals surface area contributed by atoms with Crippen molar-refractivity contribution in [2.45, 2.75) is 32.4 Å². The van der Waals surface area contributed by atoms with E-state index in [-0.39, 0.29) is 11.9 Å². The van der Waals surface area contributed by atoms with Crippen molar-refractivity contribution < 1.29 is 14.4 Å². The van der Waals surface area contributed by atoms with Gasteiger partial charge in [-0.2, -0.15) is 0 Å². The van der Waals surface area contributed by atoms with E-state index < -0.39 is 0 Å². The zero-order chi connectivity index (χ0) is 25.8. The van der Waals surface area contributed by atoms with E-state index in [0.717, 1.165) is 50.7 Å². The Bertz CT molecular complexity index is 1660. The summed E-state index contributed by atoms with van der Waals surface area (Å²) in [6, 6.07) is 15.3. The Morgan fingerprint density at radius 3 is 2.79 bits per heavy atom. The zero-order valence-electron chi connectivity index (χ0n) is 21.2. The lowest BCUT2D eigenvalue weighted by Crippen LogP contribution is -2.28. The number of H-pyrrole nitrogens is 1. The van der Waals surface area contributed by atoms with E-state index in [1.807, 2.05) is 30.5 Å². The molecule has 2 aromatic heterocycles. The van der Waals surface area contributed by atoms with E-state index >= 15 is 0 Å². The number of hydrogen-bond donors (Lipinski definition) is 2. The topological polar surface area (TPSA) is 79.4 Å². The summed E-state index contributed by atoms with van der Waals surface area (Å²) in [7, 11) is 0. The van der Waals surface area contributed by atoms with E-state index in [1.165, 1.54) is 5.69 Å². The fraction of sp³-hybridized carbons (Fsp3) is 0.226. The highest BCUT2D eigenvalue weighted by atomic mass is 16.7. The molecule has 0 saturated heterocycles. The molecule has 1 aliphatic carbocycles. The second-order valence-corrected chi connectivity index (χ2v) is 10.3. The van der Waals surface area contributed by atoms with Crippen LogP contribution in [-0.4, -0.2) is 39.6 Å². The first kappa shape index (κ1) is 22.8. The smallest absolute Gasteiger partial charge is 0.357 e. The van der Waals surface area contributed by atoms with Crippen LogP contribution in [0, 0.1) is 0 Å². The van der Waals surface area contributed by atoms with Crippen molar-refractivity contribution in [1.29, 1.82) is 0 Å². The van der Waals surface area contributed by atoms with Crippen LogP contribution in [0.3, 0.4) is 0 Å². The first-order valence-electron chi connectivity index (χ1n) is 13.1. The third-order valence-corrected chi connectivity index (χ3v) is 7.91. The predicted octanol–water partition coefficient (Wildman–Crippen LogP) is 5.12. The first-order valence-corrected chi connectivity index (χ1v) is 13.1. The Morgan fingerprint density at radius 1 is 1.05 bits per heavy atom. The molecule has 0 spiro atoms. The maximum Gasteiger partial charge on any atom is 0.357 e. The molecule has 7 rings (SSSR count). The van der Waals surface area contributed by atoms with Crippen molar-refractivity contribution in [1.82, 2.24) is 19.9 Å². The Labute approximate surface area is 220 Å². The number of aromatic nitrogens is 2. The van der Waals surface area contributed by atoms with Gasteiger partial charge in [-0.15, -0.1) is 5.06 Å². The number of hydrogen-bond acceptors (Lipinski definition) is 4. The molecule has 190 valence electrons. The van der Waals surface area contributed by atoms with Crippen LogP contribution in [0.1, 0.15) is 57.6 Å². The molecule has 1 unspecified atom stereocenters. The number of fused-ring (bicyclic) bond motifs is 1. The van der Waals surface area contributed by atoms with Crippen LogP contribution >= 0.6 is 0 Å². The van der Waals surface area contributed by atoms with Gasteiger partial charge >= 0.3 is 5.97 Å². The molecule has 3 aliphatic rings. The average Bonchev–Trinajstić information content (AvgIpc) is 3.60. The molecule has 38 heavy (non-hydrogen) atoms. The lowest BCUT2D eigenvalue weighted by atomic mass is 9.89. The number of benzene rings is 2. The number of nitrogens with one attached hydrogen (secondary N) is 2. The van der Waals surface area contributed by atoms with Crippen LogP contribution in [0.15, 0.2) is 67.0 Å². The van der Waals surface area contributed by atoms with Gasteiger partial charge in [0, 0.05) is 59.2 Å². The van der Waals surface area contributed by atoms with Gasteiger partial charge in [-0.25, -0.2) is 4.79 Å². The summed E-state index contributed by atoms with van der Waals surface area (Å²) in [4.78, 5) is 35.1. The molecule has 4 aromatic rings. The molecule has 1 atom stereocenters. The molecule has 0 radical (unpaired) electrons. The minimum Gasteiger partial charge on any atom is -0.364 e. The summed E-state index contributed by atoms with van der Waals surface area (Å²) in [5, 5.41) is 5.92. The number of allylic oxidation sites excluding steroid dienone is 1. The lowest BCUT2D eigenvalue weighted by molar-refractivity contribution is -0.117. The molecule has 7 heteroatoms. The van der Waals surface area contributed by atoms with E-state index in [4.69, 9.17) is 4.84 Å². The highest BCUT2D eigenvalue weighted by Gasteiger charge is 2.32. The van der Waals surface area contributed by atoms with Crippen LogP contribution in [0.4, 0.5) is 0 Å². The largest absolute Gasteiger partial charge is 0.364 e. The van der Waals surface area contributed by atoms with Gasteiger partial charge in [0.25, 0.3) is 5.91 Å². The van der Waals surface area contributed by atoms with Gasteiger partial charge in [0.05, 0.1) is 29.7 Å². The average molecular weight is 505 g/mol. The molecule has 2 N–H and O–H groups in total. The maximum absolute atomic E-state index is 13.2. The Hall–Kier alpha value is -4.36. The fourth-order valence-electron chi connectivity index (χ4n) is 6.04. The van der Waals surface area contributed by atoms with Gasteiger partial charge in [-0.05, 0) is 29.7 Å². The number of aromatic amines is 1. The predicted molar refractivity (Wildman–Crippen MR) is 147 cm³/mol. The fourth-order valence-corrected chi connectivity index (χ4v) is 6.04. The normalized spacial score (nSPS) is 19.0. The van der Waals surface area contributed by atoms with Crippen LogP contribution in [0.2, 0.25) is 0 Å². The Morgan fingerprint density at radius 2 is 1.92 bits per heavy atom. The SMILES string of the molecule is CC1CC=Cc2c(C3=C(c4cn5c6c(cccc46)CN(OC(=O)c4ccccc4)CC5)CNC3=O)c[nH]c21. The van der Waals surface area contributed by atoms with Crippen molar-refractivity contribution in [3.8, 4) is 0 Å².